The van der Waals surface area contributed by atoms with Crippen molar-refractivity contribution < 1.29 is 14.3 Å². The van der Waals surface area contributed by atoms with Gasteiger partial charge in [0.15, 0.2) is 0 Å². The molecule has 0 radical (unpaired) electrons. The molecule has 1 N–H and O–H groups in total. The van der Waals surface area contributed by atoms with Crippen LogP contribution in [-0.2, 0) is 19.9 Å². The van der Waals surface area contributed by atoms with Crippen molar-refractivity contribution in [3.05, 3.63) is 35.9 Å². The van der Waals surface area contributed by atoms with E-state index < -0.39 is 0 Å². The van der Waals surface area contributed by atoms with Crippen LogP contribution in [0.15, 0.2) is 30.3 Å². The summed E-state index contributed by atoms with van der Waals surface area (Å²) >= 11 is 0. The molecule has 0 bridgehead atoms. The Bertz CT molecular complexity index is 669. The maximum Gasteiger partial charge on any atom is 0.225 e. The molecular weight excluding hydrogens is 342 g/mol. The van der Waals surface area contributed by atoms with Crippen LogP contribution in [0.25, 0.3) is 0 Å². The zero-order valence-corrected chi connectivity index (χ0v) is 15.9. The second kappa shape index (κ2) is 7.98. The van der Waals surface area contributed by atoms with Crippen molar-refractivity contribution >= 4 is 11.8 Å². The molecule has 1 aliphatic carbocycles. The minimum absolute atomic E-state index is 0.0974. The van der Waals surface area contributed by atoms with Crippen LogP contribution in [0.4, 0.5) is 0 Å². The average molecular weight is 371 g/mol. The van der Waals surface area contributed by atoms with Gasteiger partial charge in [0.25, 0.3) is 0 Å². The van der Waals surface area contributed by atoms with E-state index in [1.165, 1.54) is 5.56 Å². The Kier molecular flexibility index (Phi) is 5.45. The Balaban J connectivity index is 1.32. The molecule has 1 saturated carbocycles. The van der Waals surface area contributed by atoms with E-state index in [0.717, 1.165) is 45.7 Å². The third-order valence-corrected chi connectivity index (χ3v) is 6.10. The normalized spacial score (nSPS) is 25.3. The molecule has 3 fully saturated rings. The van der Waals surface area contributed by atoms with Gasteiger partial charge in [0.1, 0.15) is 0 Å². The van der Waals surface area contributed by atoms with Crippen molar-refractivity contribution in [1.82, 2.24) is 15.1 Å². The van der Waals surface area contributed by atoms with Gasteiger partial charge in [-0.05, 0) is 24.8 Å². The number of carbonyl (C=O) groups is 2. The summed E-state index contributed by atoms with van der Waals surface area (Å²) in [4.78, 5) is 29.4. The van der Waals surface area contributed by atoms with Crippen molar-refractivity contribution in [2.75, 3.05) is 45.9 Å². The van der Waals surface area contributed by atoms with E-state index in [4.69, 9.17) is 4.74 Å². The monoisotopic (exact) mass is 371 g/mol. The molecule has 6 nitrogen and oxygen atoms in total. The number of hydrogen-bond donors (Lipinski definition) is 1. The predicted octanol–water partition coefficient (Wildman–Crippen LogP) is 1.36. The molecule has 1 aromatic carbocycles. The molecule has 2 aliphatic heterocycles. The summed E-state index contributed by atoms with van der Waals surface area (Å²) < 4.78 is 5.37. The smallest absolute Gasteiger partial charge is 0.225 e. The molecule has 2 heterocycles. The van der Waals surface area contributed by atoms with Crippen molar-refractivity contribution in [3.63, 3.8) is 0 Å². The third kappa shape index (κ3) is 4.33. The summed E-state index contributed by atoms with van der Waals surface area (Å²) in [6.07, 6.45) is 3.12. The number of likely N-dealkylation sites (tertiary alicyclic amines) is 1. The SMILES string of the molecule is O=C(NC1(c2ccccc2)CC1)[C@H]1CCC(=O)N(CCN2CCOCC2)C1. The Morgan fingerprint density at radius 2 is 1.89 bits per heavy atom. The van der Waals surface area contributed by atoms with Crippen LogP contribution in [-0.4, -0.2) is 67.6 Å². The molecule has 146 valence electrons. The molecule has 0 aromatic heterocycles. The highest BCUT2D eigenvalue weighted by atomic mass is 16.5. The zero-order chi connectivity index (χ0) is 18.7. The lowest BCUT2D eigenvalue weighted by molar-refractivity contribution is -0.138. The quantitative estimate of drug-likeness (QED) is 0.820. The predicted molar refractivity (Wildman–Crippen MR) is 102 cm³/mol. The van der Waals surface area contributed by atoms with Crippen LogP contribution in [0, 0.1) is 5.92 Å². The molecule has 1 aromatic rings. The maximum atomic E-state index is 12.9. The fourth-order valence-electron chi connectivity index (χ4n) is 4.14. The second-order valence-corrected chi connectivity index (χ2v) is 7.97. The minimum Gasteiger partial charge on any atom is -0.379 e. The first-order valence-electron chi connectivity index (χ1n) is 10.1. The highest BCUT2D eigenvalue weighted by molar-refractivity contribution is 5.84. The van der Waals surface area contributed by atoms with E-state index in [0.29, 0.717) is 25.9 Å². The number of benzene rings is 1. The van der Waals surface area contributed by atoms with Gasteiger partial charge < -0.3 is 15.0 Å². The summed E-state index contributed by atoms with van der Waals surface area (Å²) in [7, 11) is 0. The van der Waals surface area contributed by atoms with Crippen molar-refractivity contribution in [3.8, 4) is 0 Å². The molecule has 0 spiro atoms. The summed E-state index contributed by atoms with van der Waals surface area (Å²) in [6.45, 7) is 5.47. The van der Waals surface area contributed by atoms with Crippen LogP contribution in [0.2, 0.25) is 0 Å². The Hall–Kier alpha value is -1.92. The summed E-state index contributed by atoms with van der Waals surface area (Å²) in [5, 5.41) is 3.29. The Labute approximate surface area is 160 Å². The summed E-state index contributed by atoms with van der Waals surface area (Å²) in [5.74, 6) is 0.172. The first-order valence-corrected chi connectivity index (χ1v) is 10.1. The Morgan fingerprint density at radius 1 is 1.15 bits per heavy atom. The van der Waals surface area contributed by atoms with Gasteiger partial charge in [-0.2, -0.15) is 0 Å². The fourth-order valence-corrected chi connectivity index (χ4v) is 4.14. The number of ether oxygens (including phenoxy) is 1. The van der Waals surface area contributed by atoms with Crippen molar-refractivity contribution in [1.29, 1.82) is 0 Å². The second-order valence-electron chi connectivity index (χ2n) is 7.97. The molecule has 4 rings (SSSR count). The van der Waals surface area contributed by atoms with Crippen molar-refractivity contribution in [2.45, 2.75) is 31.2 Å². The molecular formula is C21H29N3O3. The van der Waals surface area contributed by atoms with E-state index >= 15 is 0 Å². The van der Waals surface area contributed by atoms with Crippen molar-refractivity contribution in [2.24, 2.45) is 5.92 Å². The van der Waals surface area contributed by atoms with Crippen LogP contribution < -0.4 is 5.32 Å². The lowest BCUT2D eigenvalue weighted by atomic mass is 9.95. The standard InChI is InChI=1S/C21H29N3O3/c25-19-7-6-17(16-24(19)11-10-23-12-14-27-15-13-23)20(26)22-21(8-9-21)18-4-2-1-3-5-18/h1-5,17H,6-16H2,(H,22,26)/t17-/m0/s1. The summed E-state index contributed by atoms with van der Waals surface area (Å²) in [5.41, 5.74) is 1.01. The molecule has 0 unspecified atom stereocenters. The molecule has 2 amide bonds. The van der Waals surface area contributed by atoms with E-state index in [1.807, 2.05) is 23.1 Å². The largest absolute Gasteiger partial charge is 0.379 e. The number of nitrogens with one attached hydrogen (secondary N) is 1. The number of carbonyl (C=O) groups excluding carboxylic acids is 2. The van der Waals surface area contributed by atoms with Crippen LogP contribution in [0.5, 0.6) is 0 Å². The van der Waals surface area contributed by atoms with E-state index in [-0.39, 0.29) is 23.3 Å². The lowest BCUT2D eigenvalue weighted by Crippen LogP contribution is -2.50. The van der Waals surface area contributed by atoms with Gasteiger partial charge in [-0.15, -0.1) is 0 Å². The molecule has 1 atom stereocenters. The lowest BCUT2D eigenvalue weighted by Gasteiger charge is -2.35. The van der Waals surface area contributed by atoms with Gasteiger partial charge in [-0.25, -0.2) is 0 Å². The molecule has 27 heavy (non-hydrogen) atoms. The first-order chi connectivity index (χ1) is 13.2. The van der Waals surface area contributed by atoms with Crippen LogP contribution >= 0.6 is 0 Å². The van der Waals surface area contributed by atoms with Gasteiger partial charge in [-0.1, -0.05) is 30.3 Å². The number of nitrogens with zero attached hydrogens (tertiary/aromatic N) is 2. The van der Waals surface area contributed by atoms with E-state index in [1.54, 1.807) is 0 Å². The topological polar surface area (TPSA) is 61.9 Å². The minimum atomic E-state index is -0.182. The average Bonchev–Trinajstić information content (AvgIpc) is 3.49. The first kappa shape index (κ1) is 18.4. The molecule has 6 heteroatoms. The fraction of sp³-hybridized carbons (Fsp3) is 0.619. The third-order valence-electron chi connectivity index (χ3n) is 6.10. The molecule has 2 saturated heterocycles. The highest BCUT2D eigenvalue weighted by Gasteiger charge is 2.46. The number of piperidine rings is 1. The summed E-state index contributed by atoms with van der Waals surface area (Å²) in [6, 6.07) is 10.2. The molecule has 3 aliphatic rings. The number of amides is 2. The zero-order valence-electron chi connectivity index (χ0n) is 15.9. The van der Waals surface area contributed by atoms with Gasteiger partial charge >= 0.3 is 0 Å². The van der Waals surface area contributed by atoms with Gasteiger partial charge in [-0.3, -0.25) is 14.5 Å². The highest BCUT2D eigenvalue weighted by Crippen LogP contribution is 2.45. The Morgan fingerprint density at radius 3 is 2.59 bits per heavy atom. The van der Waals surface area contributed by atoms with Crippen LogP contribution in [0.3, 0.4) is 0 Å². The number of morpholine rings is 1. The maximum absolute atomic E-state index is 12.9. The van der Waals surface area contributed by atoms with E-state index in [9.17, 15) is 9.59 Å². The van der Waals surface area contributed by atoms with Gasteiger partial charge in [0.05, 0.1) is 24.7 Å². The van der Waals surface area contributed by atoms with Gasteiger partial charge in [0.2, 0.25) is 11.8 Å². The number of hydrogen-bond acceptors (Lipinski definition) is 4. The van der Waals surface area contributed by atoms with Gasteiger partial charge in [0, 0.05) is 39.1 Å². The number of rotatable bonds is 6. The van der Waals surface area contributed by atoms with Crippen LogP contribution in [0.1, 0.15) is 31.2 Å². The van der Waals surface area contributed by atoms with E-state index in [2.05, 4.69) is 22.3 Å².